The lowest BCUT2D eigenvalue weighted by Crippen LogP contribution is -2.28. The summed E-state index contributed by atoms with van der Waals surface area (Å²) in [4.78, 5) is 23.6. The van der Waals surface area contributed by atoms with Gasteiger partial charge in [-0.05, 0) is 53.5 Å². The van der Waals surface area contributed by atoms with Crippen molar-refractivity contribution in [2.75, 3.05) is 13.2 Å². The van der Waals surface area contributed by atoms with E-state index in [9.17, 15) is 9.59 Å². The molecule has 26 heavy (non-hydrogen) atoms. The van der Waals surface area contributed by atoms with Gasteiger partial charge >= 0.3 is 5.97 Å². The lowest BCUT2D eigenvalue weighted by molar-refractivity contribution is -0.145. The van der Waals surface area contributed by atoms with Crippen LogP contribution in [-0.4, -0.2) is 30.8 Å². The molecular formula is C19H21BrN2O4. The summed E-state index contributed by atoms with van der Waals surface area (Å²) in [5.74, 6) is -0.745. The molecule has 0 radical (unpaired) electrons. The number of nitrogens with zero attached hydrogens (tertiary/aromatic N) is 1. The van der Waals surface area contributed by atoms with Crippen LogP contribution in [0.2, 0.25) is 0 Å². The number of halogens is 1. The standard InChI is InChI=1S/C19H21BrN2O4/c1-4-25-19(24)12(2)13(3)21-22-17(23)11-26-16-10-9-14-7-5-6-8-15(14)18(16)20/h5-10,12H,4,11H2,1-3H3,(H,22,23)/b21-13+/t12-/m1/s1. The zero-order valence-corrected chi connectivity index (χ0v) is 16.5. The van der Waals surface area contributed by atoms with Crippen LogP contribution in [0.5, 0.6) is 5.75 Å². The number of ether oxygens (including phenoxy) is 2. The van der Waals surface area contributed by atoms with Crippen LogP contribution in [0.25, 0.3) is 10.8 Å². The highest BCUT2D eigenvalue weighted by atomic mass is 79.9. The minimum Gasteiger partial charge on any atom is -0.483 e. The van der Waals surface area contributed by atoms with Crippen LogP contribution in [0.15, 0.2) is 46.0 Å². The maximum absolute atomic E-state index is 11.9. The Labute approximate surface area is 160 Å². The van der Waals surface area contributed by atoms with Gasteiger partial charge in [-0.15, -0.1) is 0 Å². The molecule has 0 fully saturated rings. The zero-order chi connectivity index (χ0) is 19.1. The van der Waals surface area contributed by atoms with Crippen molar-refractivity contribution in [1.82, 2.24) is 5.43 Å². The summed E-state index contributed by atoms with van der Waals surface area (Å²) in [6.07, 6.45) is 0. The number of nitrogens with one attached hydrogen (secondary N) is 1. The molecule has 7 heteroatoms. The summed E-state index contributed by atoms with van der Waals surface area (Å²) in [5, 5.41) is 6.01. The van der Waals surface area contributed by atoms with Crippen molar-refractivity contribution in [1.29, 1.82) is 0 Å². The molecule has 0 aromatic heterocycles. The number of hydrogen-bond acceptors (Lipinski definition) is 5. The van der Waals surface area contributed by atoms with E-state index in [-0.39, 0.29) is 12.6 Å². The van der Waals surface area contributed by atoms with E-state index in [2.05, 4.69) is 26.5 Å². The molecule has 0 aliphatic rings. The number of carbonyl (C=O) groups is 2. The Morgan fingerprint density at radius 2 is 1.96 bits per heavy atom. The van der Waals surface area contributed by atoms with Crippen LogP contribution in [-0.2, 0) is 14.3 Å². The summed E-state index contributed by atoms with van der Waals surface area (Å²) in [5.41, 5.74) is 2.85. The van der Waals surface area contributed by atoms with Crippen LogP contribution in [0.1, 0.15) is 20.8 Å². The fourth-order valence-corrected chi connectivity index (χ4v) is 2.79. The molecule has 1 atom stereocenters. The number of rotatable bonds is 7. The van der Waals surface area contributed by atoms with E-state index in [1.807, 2.05) is 30.3 Å². The molecule has 1 N–H and O–H groups in total. The summed E-state index contributed by atoms with van der Waals surface area (Å²) in [6.45, 7) is 5.17. The van der Waals surface area contributed by atoms with Crippen LogP contribution < -0.4 is 10.2 Å². The second-order valence-electron chi connectivity index (χ2n) is 5.65. The second kappa shape index (κ2) is 9.33. The van der Waals surface area contributed by atoms with Crippen molar-refractivity contribution in [2.45, 2.75) is 20.8 Å². The monoisotopic (exact) mass is 420 g/mol. The first kappa shape index (κ1) is 19.9. The third-order valence-corrected chi connectivity index (χ3v) is 4.63. The number of esters is 1. The Bertz CT molecular complexity index is 835. The fraction of sp³-hybridized carbons (Fsp3) is 0.316. The molecule has 0 bridgehead atoms. The molecule has 0 saturated heterocycles. The van der Waals surface area contributed by atoms with E-state index in [0.29, 0.717) is 18.1 Å². The molecule has 2 rings (SSSR count). The van der Waals surface area contributed by atoms with E-state index >= 15 is 0 Å². The predicted molar refractivity (Wildman–Crippen MR) is 104 cm³/mol. The van der Waals surface area contributed by atoms with Gasteiger partial charge in [-0.3, -0.25) is 9.59 Å². The molecule has 0 aliphatic heterocycles. The maximum atomic E-state index is 11.9. The highest BCUT2D eigenvalue weighted by Crippen LogP contribution is 2.32. The van der Waals surface area contributed by atoms with Gasteiger partial charge in [0.25, 0.3) is 5.91 Å². The first-order valence-electron chi connectivity index (χ1n) is 8.23. The number of benzene rings is 2. The van der Waals surface area contributed by atoms with Gasteiger partial charge in [0.05, 0.1) is 17.0 Å². The lowest BCUT2D eigenvalue weighted by Gasteiger charge is -2.11. The van der Waals surface area contributed by atoms with E-state index in [4.69, 9.17) is 9.47 Å². The van der Waals surface area contributed by atoms with Crippen LogP contribution in [0.3, 0.4) is 0 Å². The fourth-order valence-electron chi connectivity index (χ4n) is 2.19. The number of amides is 1. The summed E-state index contributed by atoms with van der Waals surface area (Å²) in [7, 11) is 0. The highest BCUT2D eigenvalue weighted by Gasteiger charge is 2.17. The SMILES string of the molecule is CCOC(=O)[C@H](C)/C(C)=N/NC(=O)COc1ccc2ccccc2c1Br. The molecular weight excluding hydrogens is 400 g/mol. The normalized spacial score (nSPS) is 12.5. The molecule has 6 nitrogen and oxygen atoms in total. The molecule has 1 amide bonds. The number of hydrazone groups is 1. The predicted octanol–water partition coefficient (Wildman–Crippen LogP) is 3.67. The average Bonchev–Trinajstić information content (AvgIpc) is 2.65. The second-order valence-corrected chi connectivity index (χ2v) is 6.44. The van der Waals surface area contributed by atoms with Gasteiger partial charge in [0.2, 0.25) is 0 Å². The lowest BCUT2D eigenvalue weighted by atomic mass is 10.1. The number of carbonyl (C=O) groups excluding carboxylic acids is 2. The Balaban J connectivity index is 1.94. The van der Waals surface area contributed by atoms with Gasteiger partial charge in [-0.25, -0.2) is 5.43 Å². The smallest absolute Gasteiger partial charge is 0.314 e. The zero-order valence-electron chi connectivity index (χ0n) is 14.9. The van der Waals surface area contributed by atoms with Crippen LogP contribution >= 0.6 is 15.9 Å². The minimum absolute atomic E-state index is 0.193. The average molecular weight is 421 g/mol. The van der Waals surface area contributed by atoms with E-state index in [1.165, 1.54) is 0 Å². The van der Waals surface area contributed by atoms with Crippen molar-refractivity contribution in [3.63, 3.8) is 0 Å². The van der Waals surface area contributed by atoms with Gasteiger partial charge in [0.1, 0.15) is 5.75 Å². The minimum atomic E-state index is -0.522. The topological polar surface area (TPSA) is 77.0 Å². The first-order chi connectivity index (χ1) is 12.4. The quantitative estimate of drug-likeness (QED) is 0.421. The summed E-state index contributed by atoms with van der Waals surface area (Å²) >= 11 is 3.51. The van der Waals surface area contributed by atoms with E-state index in [0.717, 1.165) is 15.2 Å². The molecule has 2 aromatic rings. The molecule has 138 valence electrons. The van der Waals surface area contributed by atoms with Crippen molar-refractivity contribution in [2.24, 2.45) is 11.0 Å². The van der Waals surface area contributed by atoms with E-state index < -0.39 is 11.8 Å². The molecule has 0 aliphatic carbocycles. The Morgan fingerprint density at radius 1 is 1.23 bits per heavy atom. The van der Waals surface area contributed by atoms with Gasteiger partial charge in [-0.1, -0.05) is 30.3 Å². The molecule has 0 saturated carbocycles. The Morgan fingerprint density at radius 3 is 2.69 bits per heavy atom. The first-order valence-corrected chi connectivity index (χ1v) is 9.03. The Hall–Kier alpha value is -2.41. The van der Waals surface area contributed by atoms with Gasteiger partial charge in [-0.2, -0.15) is 5.10 Å². The van der Waals surface area contributed by atoms with Gasteiger partial charge in [0, 0.05) is 5.71 Å². The van der Waals surface area contributed by atoms with Crippen LogP contribution in [0, 0.1) is 5.92 Å². The molecule has 0 spiro atoms. The van der Waals surface area contributed by atoms with Crippen molar-refractivity contribution < 1.29 is 19.1 Å². The van der Waals surface area contributed by atoms with Gasteiger partial charge < -0.3 is 9.47 Å². The number of hydrogen-bond donors (Lipinski definition) is 1. The van der Waals surface area contributed by atoms with Crippen molar-refractivity contribution in [3.05, 3.63) is 40.9 Å². The molecule has 0 heterocycles. The summed E-state index contributed by atoms with van der Waals surface area (Å²) in [6, 6.07) is 11.6. The molecule has 0 unspecified atom stereocenters. The molecule has 2 aromatic carbocycles. The van der Waals surface area contributed by atoms with E-state index in [1.54, 1.807) is 26.8 Å². The van der Waals surface area contributed by atoms with Crippen molar-refractivity contribution >= 4 is 44.3 Å². The maximum Gasteiger partial charge on any atom is 0.314 e. The number of fused-ring (bicyclic) bond motifs is 1. The highest BCUT2D eigenvalue weighted by molar-refractivity contribution is 9.10. The third-order valence-electron chi connectivity index (χ3n) is 3.81. The largest absolute Gasteiger partial charge is 0.483 e. The van der Waals surface area contributed by atoms with Crippen molar-refractivity contribution in [3.8, 4) is 5.75 Å². The summed E-state index contributed by atoms with van der Waals surface area (Å²) < 4.78 is 11.3. The Kier molecular flexibility index (Phi) is 7.15. The van der Waals surface area contributed by atoms with Gasteiger partial charge in [0.15, 0.2) is 6.61 Å². The van der Waals surface area contributed by atoms with Crippen LogP contribution in [0.4, 0.5) is 0 Å². The third kappa shape index (κ3) is 5.05.